The minimum atomic E-state index is -4.23. The molecule has 290 valence electrons. The first-order valence-corrected chi connectivity index (χ1v) is 22.7. The van der Waals surface area contributed by atoms with Gasteiger partial charge in [-0.3, -0.25) is 19.8 Å². The molecule has 6 aliphatic heterocycles. The van der Waals surface area contributed by atoms with Crippen molar-refractivity contribution in [2.24, 2.45) is 23.7 Å². The highest BCUT2D eigenvalue weighted by molar-refractivity contribution is 7.90. The van der Waals surface area contributed by atoms with Crippen LogP contribution < -0.4 is 9.44 Å². The van der Waals surface area contributed by atoms with E-state index in [9.17, 15) is 16.8 Å². The average Bonchev–Trinajstić information content (AvgIpc) is 3.24. The van der Waals surface area contributed by atoms with Crippen LogP contribution in [0.15, 0.2) is 132 Å². The SMILES string of the molecule is C=C[C@H]1CN2CC[C@H]1C[C@@H]2[C@@H](NS(=O)(=O)c1cccc(S(=O)(=O)N[C@@H](c2ccnc3ccccc23)[C@H]2C[C@@H]3CCN2C[C@@H]3C=C)c1)c1ccnc2ccccc12. The molecule has 11 rings (SSSR count). The number of aromatic nitrogens is 2. The molecule has 0 saturated carbocycles. The van der Waals surface area contributed by atoms with Crippen LogP contribution in [0.4, 0.5) is 0 Å². The number of hydrogen-bond donors (Lipinski definition) is 2. The largest absolute Gasteiger partial charge is 0.298 e. The van der Waals surface area contributed by atoms with E-state index in [1.54, 1.807) is 12.4 Å². The number of fused-ring (bicyclic) bond motifs is 8. The summed E-state index contributed by atoms with van der Waals surface area (Å²) in [7, 11) is -8.45. The highest BCUT2D eigenvalue weighted by Gasteiger charge is 2.46. The van der Waals surface area contributed by atoms with Gasteiger partial charge in [0.05, 0.1) is 32.9 Å². The van der Waals surface area contributed by atoms with Crippen LogP contribution in [-0.4, -0.2) is 74.9 Å². The van der Waals surface area contributed by atoms with Gasteiger partial charge < -0.3 is 0 Å². The van der Waals surface area contributed by atoms with E-state index >= 15 is 0 Å². The standard InChI is InChI=1S/C44H48N6O4S2/c1-3-29-27-49-22-18-31(29)24-41(49)43(37-16-20-45-39-14-7-5-12-35(37)39)47-55(51,52)33-10-9-11-34(26-33)56(53,54)48-44(38-17-21-46-40-15-8-6-13-36(38)40)42-25-32-19-23-50(42)28-30(32)4-2/h3-17,20-21,26,29-32,41-44,47-48H,1-2,18-19,22-25,27-28H2/t29-,30-,31-,32-,41+,42+,43-,44-/m0/s1. The molecule has 12 heteroatoms. The first kappa shape index (κ1) is 37.3. The third kappa shape index (κ3) is 6.80. The molecule has 6 fully saturated rings. The molecule has 2 aromatic heterocycles. The fourth-order valence-electron chi connectivity index (χ4n) is 10.2. The molecule has 3 aromatic carbocycles. The quantitative estimate of drug-likeness (QED) is 0.135. The molecule has 8 heterocycles. The first-order chi connectivity index (χ1) is 27.1. The Bertz CT molecular complexity index is 2350. The van der Waals surface area contributed by atoms with Gasteiger partial charge in [-0.25, -0.2) is 26.3 Å². The zero-order chi connectivity index (χ0) is 38.6. The summed E-state index contributed by atoms with van der Waals surface area (Å²) in [4.78, 5) is 13.7. The predicted molar refractivity (Wildman–Crippen MR) is 220 cm³/mol. The first-order valence-electron chi connectivity index (χ1n) is 19.7. The van der Waals surface area contributed by atoms with Crippen molar-refractivity contribution >= 4 is 41.9 Å². The van der Waals surface area contributed by atoms with Crippen LogP contribution >= 0.6 is 0 Å². The lowest BCUT2D eigenvalue weighted by atomic mass is 9.73. The van der Waals surface area contributed by atoms with Gasteiger partial charge in [-0.05, 0) is 116 Å². The molecule has 0 radical (unpaired) electrons. The van der Waals surface area contributed by atoms with Crippen LogP contribution in [0.1, 0.15) is 48.9 Å². The molecule has 10 nitrogen and oxygen atoms in total. The normalized spacial score (nSPS) is 28.6. The van der Waals surface area contributed by atoms with Gasteiger partial charge in [-0.1, -0.05) is 54.6 Å². The van der Waals surface area contributed by atoms with Crippen LogP contribution in [0.25, 0.3) is 21.8 Å². The summed E-state index contributed by atoms with van der Waals surface area (Å²) in [6.07, 6.45) is 11.2. The molecule has 6 aliphatic rings. The second-order valence-corrected chi connectivity index (χ2v) is 19.4. The molecule has 0 spiro atoms. The summed E-state index contributed by atoms with van der Waals surface area (Å²) < 4.78 is 64.5. The highest BCUT2D eigenvalue weighted by atomic mass is 32.2. The van der Waals surface area contributed by atoms with Crippen molar-refractivity contribution in [1.29, 1.82) is 0 Å². The Hall–Kier alpha value is -4.30. The van der Waals surface area contributed by atoms with Gasteiger partial charge in [0, 0.05) is 48.3 Å². The van der Waals surface area contributed by atoms with Crippen molar-refractivity contribution in [2.45, 2.75) is 59.6 Å². The van der Waals surface area contributed by atoms with E-state index in [1.807, 2.05) is 72.8 Å². The van der Waals surface area contributed by atoms with E-state index in [2.05, 4.69) is 42.4 Å². The number of nitrogens with one attached hydrogen (secondary N) is 2. The van der Waals surface area contributed by atoms with Gasteiger partial charge in [-0.15, -0.1) is 13.2 Å². The van der Waals surface area contributed by atoms with E-state index in [-0.39, 0.29) is 21.9 Å². The van der Waals surface area contributed by atoms with Gasteiger partial charge in [0.2, 0.25) is 20.0 Å². The summed E-state index contributed by atoms with van der Waals surface area (Å²) in [5.74, 6) is 1.54. The van der Waals surface area contributed by atoms with Crippen molar-refractivity contribution in [3.63, 3.8) is 0 Å². The molecular weight excluding hydrogens is 741 g/mol. The van der Waals surface area contributed by atoms with Gasteiger partial charge in [-0.2, -0.15) is 0 Å². The van der Waals surface area contributed by atoms with Crippen molar-refractivity contribution in [3.05, 3.63) is 134 Å². The summed E-state index contributed by atoms with van der Waals surface area (Å²) in [6.45, 7) is 11.6. The van der Waals surface area contributed by atoms with Crippen LogP contribution in [0, 0.1) is 23.7 Å². The van der Waals surface area contributed by atoms with Crippen molar-refractivity contribution in [3.8, 4) is 0 Å². The number of benzene rings is 3. The molecule has 2 N–H and O–H groups in total. The summed E-state index contributed by atoms with van der Waals surface area (Å²) in [5.41, 5.74) is 3.26. The Morgan fingerprint density at radius 1 is 0.625 bits per heavy atom. The monoisotopic (exact) mass is 788 g/mol. The minimum Gasteiger partial charge on any atom is -0.298 e. The molecule has 56 heavy (non-hydrogen) atoms. The number of hydrogen-bond acceptors (Lipinski definition) is 8. The fraction of sp³-hybridized carbons (Fsp3) is 0.364. The zero-order valence-corrected chi connectivity index (χ0v) is 33.0. The third-order valence-corrected chi connectivity index (χ3v) is 16.0. The smallest absolute Gasteiger partial charge is 0.241 e. The summed E-state index contributed by atoms with van der Waals surface area (Å²) in [5, 5.41) is 1.76. The molecule has 10 atom stereocenters. The minimum absolute atomic E-state index is 0.100. The van der Waals surface area contributed by atoms with Crippen molar-refractivity contribution in [2.75, 3.05) is 26.2 Å². The maximum Gasteiger partial charge on any atom is 0.241 e. The van der Waals surface area contributed by atoms with Crippen molar-refractivity contribution in [1.82, 2.24) is 29.2 Å². The average molecular weight is 789 g/mol. The van der Waals surface area contributed by atoms with E-state index in [0.29, 0.717) is 23.7 Å². The molecule has 4 bridgehead atoms. The molecule has 0 aliphatic carbocycles. The number of nitrogens with zero attached hydrogens (tertiary/aromatic N) is 4. The summed E-state index contributed by atoms with van der Waals surface area (Å²) >= 11 is 0. The third-order valence-electron chi connectivity index (χ3n) is 13.1. The number of pyridine rings is 2. The number of para-hydroxylation sites is 2. The molecule has 6 saturated heterocycles. The van der Waals surface area contributed by atoms with E-state index in [4.69, 9.17) is 0 Å². The number of sulfonamides is 2. The molecular formula is C44H48N6O4S2. The van der Waals surface area contributed by atoms with Crippen LogP contribution in [0.3, 0.4) is 0 Å². The highest BCUT2D eigenvalue weighted by Crippen LogP contribution is 2.44. The predicted octanol–water partition coefficient (Wildman–Crippen LogP) is 6.62. The Morgan fingerprint density at radius 2 is 1.07 bits per heavy atom. The maximum absolute atomic E-state index is 14.6. The molecule has 0 amide bonds. The number of piperidine rings is 6. The lowest BCUT2D eigenvalue weighted by Gasteiger charge is -2.51. The zero-order valence-electron chi connectivity index (χ0n) is 31.3. The molecule has 5 aromatic rings. The fourth-order valence-corrected chi connectivity index (χ4v) is 12.9. The number of rotatable bonds is 12. The van der Waals surface area contributed by atoms with Crippen LogP contribution in [0.5, 0.6) is 0 Å². The second-order valence-electron chi connectivity index (χ2n) is 16.0. The Kier molecular flexibility index (Phi) is 9.92. The van der Waals surface area contributed by atoms with Gasteiger partial charge in [0.1, 0.15) is 0 Å². The second kappa shape index (κ2) is 14.9. The van der Waals surface area contributed by atoms with Gasteiger partial charge in [0.25, 0.3) is 0 Å². The van der Waals surface area contributed by atoms with Gasteiger partial charge in [0.15, 0.2) is 0 Å². The Morgan fingerprint density at radius 3 is 1.48 bits per heavy atom. The maximum atomic E-state index is 14.6. The van der Waals surface area contributed by atoms with Crippen LogP contribution in [-0.2, 0) is 20.0 Å². The lowest BCUT2D eigenvalue weighted by molar-refractivity contribution is 0.00489. The van der Waals surface area contributed by atoms with E-state index in [1.165, 1.54) is 24.3 Å². The lowest BCUT2D eigenvalue weighted by Crippen LogP contribution is -2.57. The van der Waals surface area contributed by atoms with E-state index in [0.717, 1.165) is 84.8 Å². The van der Waals surface area contributed by atoms with Crippen molar-refractivity contribution < 1.29 is 16.8 Å². The van der Waals surface area contributed by atoms with Gasteiger partial charge >= 0.3 is 0 Å². The summed E-state index contributed by atoms with van der Waals surface area (Å²) in [6, 6.07) is 23.7. The Labute approximate surface area is 329 Å². The molecule has 2 unspecified atom stereocenters. The topological polar surface area (TPSA) is 125 Å². The Balaban J connectivity index is 1.06. The van der Waals surface area contributed by atoms with E-state index < -0.39 is 32.1 Å². The van der Waals surface area contributed by atoms with Crippen LogP contribution in [0.2, 0.25) is 0 Å².